The summed E-state index contributed by atoms with van der Waals surface area (Å²) in [6, 6.07) is 7.27. The third kappa shape index (κ3) is 6.41. The third-order valence-electron chi connectivity index (χ3n) is 3.63. The average molecular weight is 414 g/mol. The van der Waals surface area contributed by atoms with E-state index >= 15 is 0 Å². The molecule has 2 rings (SSSR count). The van der Waals surface area contributed by atoms with Crippen LogP contribution in [0.15, 0.2) is 30.3 Å². The number of nitrogens with one attached hydrogen (secondary N) is 1. The van der Waals surface area contributed by atoms with Crippen molar-refractivity contribution in [2.24, 2.45) is 0 Å². The molecule has 0 saturated carbocycles. The molecule has 2 aromatic rings. The Morgan fingerprint density at radius 3 is 2.37 bits per heavy atom. The smallest absolute Gasteiger partial charge is 0.303 e. The molecular formula is C19H18Cl2FNO4. The van der Waals surface area contributed by atoms with Crippen LogP contribution in [-0.2, 0) is 22.6 Å². The molecule has 0 fully saturated rings. The van der Waals surface area contributed by atoms with Gasteiger partial charge < -0.3 is 15.2 Å². The molecular weight excluding hydrogens is 396 g/mol. The Bertz CT molecular complexity index is 835. The van der Waals surface area contributed by atoms with Gasteiger partial charge in [-0.15, -0.1) is 0 Å². The average Bonchev–Trinajstić information content (AvgIpc) is 2.58. The number of hydrogen-bond acceptors (Lipinski definition) is 3. The summed E-state index contributed by atoms with van der Waals surface area (Å²) in [5.41, 5.74) is 1.50. The molecule has 2 N–H and O–H groups in total. The van der Waals surface area contributed by atoms with Gasteiger partial charge in [0.1, 0.15) is 12.4 Å². The largest absolute Gasteiger partial charge is 0.486 e. The maximum absolute atomic E-state index is 13.8. The SMILES string of the molecule is CCC(=O)Nc1cc(F)cc(COc2c(Cl)cc(CCC(=O)O)cc2Cl)c1. The number of rotatable bonds is 8. The van der Waals surface area contributed by atoms with Gasteiger partial charge in [0, 0.05) is 18.5 Å². The van der Waals surface area contributed by atoms with Crippen LogP contribution in [0.2, 0.25) is 10.0 Å². The van der Waals surface area contributed by atoms with Crippen molar-refractivity contribution in [3.05, 3.63) is 57.3 Å². The Labute approximate surface area is 166 Å². The fraction of sp³-hybridized carbons (Fsp3) is 0.263. The molecule has 8 heteroatoms. The maximum atomic E-state index is 13.8. The van der Waals surface area contributed by atoms with Crippen molar-refractivity contribution in [3.8, 4) is 5.75 Å². The van der Waals surface area contributed by atoms with Crippen molar-refractivity contribution in [2.75, 3.05) is 5.32 Å². The van der Waals surface area contributed by atoms with Crippen LogP contribution in [0, 0.1) is 5.82 Å². The van der Waals surface area contributed by atoms with E-state index in [0.29, 0.717) is 23.2 Å². The fourth-order valence-electron chi connectivity index (χ4n) is 2.36. The van der Waals surface area contributed by atoms with Gasteiger partial charge in [-0.05, 0) is 47.9 Å². The number of benzene rings is 2. The molecule has 0 radical (unpaired) electrons. The molecule has 0 atom stereocenters. The Morgan fingerprint density at radius 1 is 1.11 bits per heavy atom. The molecule has 0 bridgehead atoms. The van der Waals surface area contributed by atoms with Crippen molar-refractivity contribution >= 4 is 40.8 Å². The molecule has 144 valence electrons. The Balaban J connectivity index is 2.12. The van der Waals surface area contributed by atoms with Crippen molar-refractivity contribution in [2.45, 2.75) is 32.8 Å². The lowest BCUT2D eigenvalue weighted by Crippen LogP contribution is -2.10. The Morgan fingerprint density at radius 2 is 1.78 bits per heavy atom. The van der Waals surface area contributed by atoms with E-state index in [2.05, 4.69) is 5.32 Å². The number of carbonyl (C=O) groups is 2. The highest BCUT2D eigenvalue weighted by Gasteiger charge is 2.12. The summed E-state index contributed by atoms with van der Waals surface area (Å²) >= 11 is 12.4. The van der Waals surface area contributed by atoms with Crippen molar-refractivity contribution in [1.82, 2.24) is 0 Å². The maximum Gasteiger partial charge on any atom is 0.303 e. The zero-order valence-electron chi connectivity index (χ0n) is 14.5. The van der Waals surface area contributed by atoms with Crippen molar-refractivity contribution in [3.63, 3.8) is 0 Å². The molecule has 5 nitrogen and oxygen atoms in total. The van der Waals surface area contributed by atoms with Crippen molar-refractivity contribution < 1.29 is 23.8 Å². The minimum Gasteiger partial charge on any atom is -0.486 e. The number of amides is 1. The molecule has 0 aromatic heterocycles. The molecule has 0 saturated heterocycles. The Hall–Kier alpha value is -2.31. The minimum atomic E-state index is -0.917. The Kier molecular flexibility index (Phi) is 7.45. The van der Waals surface area contributed by atoms with Crippen molar-refractivity contribution in [1.29, 1.82) is 0 Å². The quantitative estimate of drug-likeness (QED) is 0.632. The highest BCUT2D eigenvalue weighted by Crippen LogP contribution is 2.35. The van der Waals surface area contributed by atoms with Crippen LogP contribution in [0.1, 0.15) is 30.9 Å². The molecule has 0 heterocycles. The lowest BCUT2D eigenvalue weighted by Gasteiger charge is -2.13. The second-order valence-electron chi connectivity index (χ2n) is 5.82. The van der Waals surface area contributed by atoms with Gasteiger partial charge in [0.05, 0.1) is 10.0 Å². The van der Waals surface area contributed by atoms with E-state index in [-0.39, 0.29) is 41.2 Å². The molecule has 0 aliphatic rings. The summed E-state index contributed by atoms with van der Waals surface area (Å²) in [5, 5.41) is 11.8. The van der Waals surface area contributed by atoms with Gasteiger partial charge in [0.2, 0.25) is 5.91 Å². The summed E-state index contributed by atoms with van der Waals surface area (Å²) in [6.07, 6.45) is 0.531. The second-order valence-corrected chi connectivity index (χ2v) is 6.64. The molecule has 0 aliphatic heterocycles. The number of aryl methyl sites for hydroxylation is 1. The van der Waals surface area contributed by atoms with E-state index in [4.69, 9.17) is 33.0 Å². The highest BCUT2D eigenvalue weighted by molar-refractivity contribution is 6.37. The van der Waals surface area contributed by atoms with E-state index in [1.54, 1.807) is 25.1 Å². The van der Waals surface area contributed by atoms with Crippen LogP contribution < -0.4 is 10.1 Å². The van der Waals surface area contributed by atoms with Crippen LogP contribution in [0.25, 0.3) is 0 Å². The molecule has 1 amide bonds. The predicted molar refractivity (Wildman–Crippen MR) is 102 cm³/mol. The normalized spacial score (nSPS) is 10.5. The van der Waals surface area contributed by atoms with E-state index < -0.39 is 11.8 Å². The predicted octanol–water partition coefficient (Wildman–Crippen LogP) is 5.08. The first-order chi connectivity index (χ1) is 12.8. The summed E-state index contributed by atoms with van der Waals surface area (Å²) in [7, 11) is 0. The highest BCUT2D eigenvalue weighted by atomic mass is 35.5. The van der Waals surface area contributed by atoms with E-state index in [1.807, 2.05) is 0 Å². The van der Waals surface area contributed by atoms with Crippen LogP contribution in [0.5, 0.6) is 5.75 Å². The number of halogens is 3. The van der Waals surface area contributed by atoms with E-state index in [1.165, 1.54) is 12.1 Å². The molecule has 0 spiro atoms. The van der Waals surface area contributed by atoms with Crippen LogP contribution in [0.4, 0.5) is 10.1 Å². The number of ether oxygens (including phenoxy) is 1. The number of aliphatic carboxylic acids is 1. The van der Waals surface area contributed by atoms with Gasteiger partial charge in [0.15, 0.2) is 5.75 Å². The second kappa shape index (κ2) is 9.58. The molecule has 0 aliphatic carbocycles. The van der Waals surface area contributed by atoms with E-state index in [9.17, 15) is 14.0 Å². The minimum absolute atomic E-state index is 0.0132. The number of carbonyl (C=O) groups excluding carboxylic acids is 1. The lowest BCUT2D eigenvalue weighted by atomic mass is 10.1. The molecule has 27 heavy (non-hydrogen) atoms. The summed E-state index contributed by atoms with van der Waals surface area (Å²) in [5.74, 6) is -1.43. The molecule has 2 aromatic carbocycles. The molecule has 0 unspecified atom stereocenters. The summed E-state index contributed by atoms with van der Waals surface area (Å²) < 4.78 is 19.4. The number of hydrogen-bond donors (Lipinski definition) is 2. The number of carboxylic acids is 1. The first-order valence-electron chi connectivity index (χ1n) is 8.20. The number of carboxylic acid groups (broad SMARTS) is 1. The van der Waals surface area contributed by atoms with Gasteiger partial charge >= 0.3 is 5.97 Å². The van der Waals surface area contributed by atoms with Gasteiger partial charge in [-0.2, -0.15) is 0 Å². The first-order valence-corrected chi connectivity index (χ1v) is 8.96. The zero-order chi connectivity index (χ0) is 20.0. The van der Waals surface area contributed by atoms with Crippen LogP contribution in [-0.4, -0.2) is 17.0 Å². The zero-order valence-corrected chi connectivity index (χ0v) is 16.0. The fourth-order valence-corrected chi connectivity index (χ4v) is 3.00. The lowest BCUT2D eigenvalue weighted by molar-refractivity contribution is -0.137. The third-order valence-corrected chi connectivity index (χ3v) is 4.19. The van der Waals surface area contributed by atoms with E-state index in [0.717, 1.165) is 0 Å². The number of anilines is 1. The van der Waals surface area contributed by atoms with Crippen LogP contribution in [0.3, 0.4) is 0 Å². The first kappa shape index (κ1) is 21.0. The monoisotopic (exact) mass is 413 g/mol. The van der Waals surface area contributed by atoms with Gasteiger partial charge in [0.25, 0.3) is 0 Å². The van der Waals surface area contributed by atoms with Gasteiger partial charge in [-0.25, -0.2) is 4.39 Å². The summed E-state index contributed by atoms with van der Waals surface area (Å²) in [4.78, 5) is 22.1. The van der Waals surface area contributed by atoms with Crippen LogP contribution >= 0.6 is 23.2 Å². The summed E-state index contributed by atoms with van der Waals surface area (Å²) in [6.45, 7) is 1.68. The standard InChI is InChI=1S/C19H18Cl2FNO4/c1-2-17(24)23-14-6-12(5-13(22)9-14)10-27-19-15(20)7-11(8-16(19)21)3-4-18(25)26/h5-9H,2-4,10H2,1H3,(H,23,24)(H,25,26). The van der Waals surface area contributed by atoms with Gasteiger partial charge in [-0.3, -0.25) is 9.59 Å². The van der Waals surface area contributed by atoms with Gasteiger partial charge in [-0.1, -0.05) is 30.1 Å². The topological polar surface area (TPSA) is 75.6 Å².